The van der Waals surface area contributed by atoms with Gasteiger partial charge in [-0.1, -0.05) is 26.7 Å². The lowest BCUT2D eigenvalue weighted by atomic mass is 9.85. The van der Waals surface area contributed by atoms with Gasteiger partial charge >= 0.3 is 0 Å². The van der Waals surface area contributed by atoms with Gasteiger partial charge in [0.2, 0.25) is 0 Å². The van der Waals surface area contributed by atoms with Crippen LogP contribution in [0.15, 0.2) is 0 Å². The zero-order valence-electron chi connectivity index (χ0n) is 13.2. The van der Waals surface area contributed by atoms with Crippen molar-refractivity contribution in [2.24, 2.45) is 11.8 Å². The SMILES string of the molecule is CCCNC1CCCC1CCN(CC)CC1CCC1. The lowest BCUT2D eigenvalue weighted by Gasteiger charge is -2.32. The van der Waals surface area contributed by atoms with Gasteiger partial charge in [-0.2, -0.15) is 0 Å². The van der Waals surface area contributed by atoms with Crippen molar-refractivity contribution in [2.75, 3.05) is 26.2 Å². The van der Waals surface area contributed by atoms with E-state index in [2.05, 4.69) is 24.1 Å². The van der Waals surface area contributed by atoms with E-state index in [1.165, 1.54) is 77.5 Å². The molecule has 2 heteroatoms. The molecule has 2 unspecified atom stereocenters. The van der Waals surface area contributed by atoms with Gasteiger partial charge in [-0.25, -0.2) is 0 Å². The summed E-state index contributed by atoms with van der Waals surface area (Å²) in [6, 6.07) is 0.822. The molecule has 112 valence electrons. The standard InChI is InChI=1S/C17H34N2/c1-3-12-18-17-10-6-9-16(17)11-13-19(4-2)14-15-7-5-8-15/h15-18H,3-14H2,1-2H3. The summed E-state index contributed by atoms with van der Waals surface area (Å²) in [5.41, 5.74) is 0. The lowest BCUT2D eigenvalue weighted by molar-refractivity contribution is 0.172. The Morgan fingerprint density at radius 3 is 2.47 bits per heavy atom. The quantitative estimate of drug-likeness (QED) is 0.685. The predicted molar refractivity (Wildman–Crippen MR) is 83.5 cm³/mol. The first-order chi connectivity index (χ1) is 9.33. The Hall–Kier alpha value is -0.0800. The minimum atomic E-state index is 0.822. The van der Waals surface area contributed by atoms with E-state index in [1.54, 1.807) is 0 Å². The molecule has 0 aromatic carbocycles. The second-order valence-corrected chi connectivity index (χ2v) is 6.73. The summed E-state index contributed by atoms with van der Waals surface area (Å²) >= 11 is 0. The Kier molecular flexibility index (Phi) is 6.66. The van der Waals surface area contributed by atoms with Crippen LogP contribution in [0.25, 0.3) is 0 Å². The van der Waals surface area contributed by atoms with Gasteiger partial charge in [0.1, 0.15) is 0 Å². The smallest absolute Gasteiger partial charge is 0.00958 e. The fourth-order valence-corrected chi connectivity index (χ4v) is 3.75. The first kappa shape index (κ1) is 15.3. The van der Waals surface area contributed by atoms with Crippen LogP contribution in [0.4, 0.5) is 0 Å². The number of rotatable bonds is 9. The largest absolute Gasteiger partial charge is 0.314 e. The average molecular weight is 266 g/mol. The van der Waals surface area contributed by atoms with E-state index in [1.807, 2.05) is 0 Å². The van der Waals surface area contributed by atoms with Gasteiger partial charge in [0.25, 0.3) is 0 Å². The fourth-order valence-electron chi connectivity index (χ4n) is 3.75. The highest BCUT2D eigenvalue weighted by Gasteiger charge is 2.27. The van der Waals surface area contributed by atoms with Gasteiger partial charge in [0, 0.05) is 12.6 Å². The summed E-state index contributed by atoms with van der Waals surface area (Å²) in [5, 5.41) is 3.77. The highest BCUT2D eigenvalue weighted by Crippen LogP contribution is 2.30. The van der Waals surface area contributed by atoms with Crippen molar-refractivity contribution >= 4 is 0 Å². The van der Waals surface area contributed by atoms with Crippen LogP contribution < -0.4 is 5.32 Å². The molecule has 2 aliphatic carbocycles. The highest BCUT2D eigenvalue weighted by molar-refractivity contribution is 4.84. The first-order valence-electron chi connectivity index (χ1n) is 8.79. The Morgan fingerprint density at radius 2 is 1.84 bits per heavy atom. The van der Waals surface area contributed by atoms with Crippen LogP contribution in [-0.4, -0.2) is 37.1 Å². The molecule has 0 bridgehead atoms. The molecule has 2 fully saturated rings. The molecule has 2 aliphatic rings. The number of nitrogens with one attached hydrogen (secondary N) is 1. The van der Waals surface area contributed by atoms with Crippen molar-refractivity contribution < 1.29 is 0 Å². The van der Waals surface area contributed by atoms with Crippen LogP contribution in [0, 0.1) is 11.8 Å². The monoisotopic (exact) mass is 266 g/mol. The van der Waals surface area contributed by atoms with E-state index in [4.69, 9.17) is 0 Å². The molecule has 0 aromatic heterocycles. The summed E-state index contributed by atoms with van der Waals surface area (Å²) in [5.74, 6) is 1.97. The van der Waals surface area contributed by atoms with E-state index >= 15 is 0 Å². The van der Waals surface area contributed by atoms with E-state index in [0.29, 0.717) is 0 Å². The summed E-state index contributed by atoms with van der Waals surface area (Å²) < 4.78 is 0. The maximum atomic E-state index is 3.77. The third-order valence-electron chi connectivity index (χ3n) is 5.32. The molecule has 0 aliphatic heterocycles. The molecule has 19 heavy (non-hydrogen) atoms. The molecule has 2 rings (SSSR count). The molecule has 0 aromatic rings. The van der Waals surface area contributed by atoms with Crippen LogP contribution >= 0.6 is 0 Å². The Labute approximate surface area is 120 Å². The van der Waals surface area contributed by atoms with Crippen molar-refractivity contribution in [1.82, 2.24) is 10.2 Å². The van der Waals surface area contributed by atoms with Gasteiger partial charge < -0.3 is 10.2 Å². The van der Waals surface area contributed by atoms with Crippen LogP contribution in [-0.2, 0) is 0 Å². The maximum Gasteiger partial charge on any atom is 0.00958 e. The van der Waals surface area contributed by atoms with Crippen molar-refractivity contribution in [3.8, 4) is 0 Å². The molecule has 0 heterocycles. The summed E-state index contributed by atoms with van der Waals surface area (Å²) in [6.07, 6.45) is 11.5. The molecule has 2 atom stereocenters. The summed E-state index contributed by atoms with van der Waals surface area (Å²) in [6.45, 7) is 9.77. The van der Waals surface area contributed by atoms with E-state index in [9.17, 15) is 0 Å². The second kappa shape index (κ2) is 8.26. The molecule has 0 saturated heterocycles. The summed E-state index contributed by atoms with van der Waals surface area (Å²) in [7, 11) is 0. The molecular weight excluding hydrogens is 232 g/mol. The fraction of sp³-hybridized carbons (Fsp3) is 1.00. The first-order valence-corrected chi connectivity index (χ1v) is 8.79. The molecule has 0 amide bonds. The van der Waals surface area contributed by atoms with Crippen LogP contribution in [0.5, 0.6) is 0 Å². The maximum absolute atomic E-state index is 3.77. The van der Waals surface area contributed by atoms with Crippen LogP contribution in [0.2, 0.25) is 0 Å². The van der Waals surface area contributed by atoms with Crippen molar-refractivity contribution in [3.63, 3.8) is 0 Å². The van der Waals surface area contributed by atoms with E-state index in [-0.39, 0.29) is 0 Å². The predicted octanol–water partition coefficient (Wildman–Crippen LogP) is 3.67. The van der Waals surface area contributed by atoms with Gasteiger partial charge in [0.15, 0.2) is 0 Å². The second-order valence-electron chi connectivity index (χ2n) is 6.73. The number of hydrogen-bond donors (Lipinski definition) is 1. The lowest BCUT2D eigenvalue weighted by Crippen LogP contribution is -2.37. The zero-order valence-corrected chi connectivity index (χ0v) is 13.2. The normalized spacial score (nSPS) is 27.9. The van der Waals surface area contributed by atoms with Crippen LogP contribution in [0.1, 0.15) is 65.2 Å². The van der Waals surface area contributed by atoms with Crippen molar-refractivity contribution in [1.29, 1.82) is 0 Å². The minimum Gasteiger partial charge on any atom is -0.314 e. The molecule has 2 saturated carbocycles. The molecule has 0 spiro atoms. The molecule has 2 nitrogen and oxygen atoms in total. The van der Waals surface area contributed by atoms with Gasteiger partial charge in [-0.3, -0.25) is 0 Å². The Morgan fingerprint density at radius 1 is 1.05 bits per heavy atom. The minimum absolute atomic E-state index is 0.822. The molecule has 0 radical (unpaired) electrons. The average Bonchev–Trinajstić information content (AvgIpc) is 2.82. The van der Waals surface area contributed by atoms with E-state index in [0.717, 1.165) is 17.9 Å². The van der Waals surface area contributed by atoms with Crippen molar-refractivity contribution in [2.45, 2.75) is 71.3 Å². The number of hydrogen-bond acceptors (Lipinski definition) is 2. The third kappa shape index (κ3) is 4.75. The summed E-state index contributed by atoms with van der Waals surface area (Å²) in [4.78, 5) is 2.71. The van der Waals surface area contributed by atoms with Gasteiger partial charge in [-0.05, 0) is 70.0 Å². The van der Waals surface area contributed by atoms with Crippen molar-refractivity contribution in [3.05, 3.63) is 0 Å². The third-order valence-corrected chi connectivity index (χ3v) is 5.32. The van der Waals surface area contributed by atoms with Gasteiger partial charge in [-0.15, -0.1) is 0 Å². The molecular formula is C17H34N2. The highest BCUT2D eigenvalue weighted by atomic mass is 15.1. The zero-order chi connectivity index (χ0) is 13.5. The molecule has 1 N–H and O–H groups in total. The van der Waals surface area contributed by atoms with Gasteiger partial charge in [0.05, 0.1) is 0 Å². The Balaban J connectivity index is 1.66. The topological polar surface area (TPSA) is 15.3 Å². The number of nitrogens with zero attached hydrogens (tertiary/aromatic N) is 1. The van der Waals surface area contributed by atoms with E-state index < -0.39 is 0 Å². The van der Waals surface area contributed by atoms with Crippen LogP contribution in [0.3, 0.4) is 0 Å². The Bertz CT molecular complexity index is 237.